The summed E-state index contributed by atoms with van der Waals surface area (Å²) in [6.07, 6.45) is 12.8. The summed E-state index contributed by atoms with van der Waals surface area (Å²) in [5.74, 6) is 0. The standard InChI is InChI=1S/C26H38N4S/c1-10-20(5)17-26(8,13-4)29-19-27-18-21(6)28-15-14-23(11-2)16-24-25(12-3)31-22(7)30(24)9/h11-12,16,18-19,28H,2-3,5-7,10,13-15,17H2,1,4,8-9H3/b23-16+,27-18?,29-19?. The molecule has 0 aromatic carbocycles. The van der Waals surface area contributed by atoms with E-state index < -0.39 is 0 Å². The van der Waals surface area contributed by atoms with Crippen molar-refractivity contribution in [3.63, 3.8) is 0 Å². The van der Waals surface area contributed by atoms with Gasteiger partial charge in [-0.25, -0.2) is 4.99 Å². The highest BCUT2D eigenvalue weighted by molar-refractivity contribution is 8.07. The van der Waals surface area contributed by atoms with Crippen LogP contribution in [0.4, 0.5) is 0 Å². The van der Waals surface area contributed by atoms with Gasteiger partial charge in [0, 0.05) is 24.2 Å². The molecule has 1 aliphatic heterocycles. The van der Waals surface area contributed by atoms with Gasteiger partial charge in [0.15, 0.2) is 0 Å². The molecule has 0 aliphatic carbocycles. The van der Waals surface area contributed by atoms with Crippen molar-refractivity contribution < 1.29 is 0 Å². The van der Waals surface area contributed by atoms with Gasteiger partial charge in [0.2, 0.25) is 0 Å². The summed E-state index contributed by atoms with van der Waals surface area (Å²) in [6, 6.07) is 0. The average molecular weight is 439 g/mol. The van der Waals surface area contributed by atoms with E-state index in [2.05, 4.69) is 79.9 Å². The molecule has 0 aromatic heterocycles. The molecule has 1 rings (SSSR count). The third-order valence-electron chi connectivity index (χ3n) is 5.31. The van der Waals surface area contributed by atoms with Gasteiger partial charge in [-0.3, -0.25) is 4.99 Å². The van der Waals surface area contributed by atoms with E-state index in [0.717, 1.165) is 59.1 Å². The van der Waals surface area contributed by atoms with Crippen LogP contribution in [-0.2, 0) is 0 Å². The Balaban J connectivity index is 2.60. The summed E-state index contributed by atoms with van der Waals surface area (Å²) >= 11 is 1.63. The zero-order valence-electron chi connectivity index (χ0n) is 19.7. The van der Waals surface area contributed by atoms with Gasteiger partial charge in [-0.15, -0.1) is 0 Å². The van der Waals surface area contributed by atoms with Crippen molar-refractivity contribution in [2.75, 3.05) is 13.6 Å². The maximum Gasteiger partial charge on any atom is 0.110 e. The van der Waals surface area contributed by atoms with E-state index in [1.165, 1.54) is 5.57 Å². The van der Waals surface area contributed by atoms with Crippen LogP contribution in [-0.4, -0.2) is 36.6 Å². The number of hydrogen-bond acceptors (Lipinski definition) is 4. The summed E-state index contributed by atoms with van der Waals surface area (Å²) in [7, 11) is 2.01. The molecule has 0 saturated carbocycles. The van der Waals surface area contributed by atoms with Crippen molar-refractivity contribution in [1.29, 1.82) is 0 Å². The average Bonchev–Trinajstić information content (AvgIpc) is 3.03. The lowest BCUT2D eigenvalue weighted by Gasteiger charge is -2.23. The van der Waals surface area contributed by atoms with E-state index in [0.29, 0.717) is 0 Å². The fraction of sp³-hybridized carbons (Fsp3) is 0.385. The van der Waals surface area contributed by atoms with Gasteiger partial charge < -0.3 is 10.2 Å². The van der Waals surface area contributed by atoms with Crippen LogP contribution in [0.25, 0.3) is 0 Å². The van der Waals surface area contributed by atoms with Crippen LogP contribution in [0.3, 0.4) is 0 Å². The van der Waals surface area contributed by atoms with Gasteiger partial charge in [-0.2, -0.15) is 0 Å². The smallest absolute Gasteiger partial charge is 0.110 e. The molecular weight excluding hydrogens is 400 g/mol. The predicted octanol–water partition coefficient (Wildman–Crippen LogP) is 6.76. The van der Waals surface area contributed by atoms with Gasteiger partial charge in [-0.05, 0) is 44.3 Å². The largest absolute Gasteiger partial charge is 0.384 e. The second-order valence-electron chi connectivity index (χ2n) is 7.79. The lowest BCUT2D eigenvalue weighted by Crippen LogP contribution is -2.21. The number of nitrogens with one attached hydrogen (secondary N) is 1. The second kappa shape index (κ2) is 13.0. The van der Waals surface area contributed by atoms with Crippen molar-refractivity contribution in [3.05, 3.63) is 83.6 Å². The first kappa shape index (κ1) is 26.5. The minimum atomic E-state index is -0.154. The fourth-order valence-corrected chi connectivity index (χ4v) is 3.78. The van der Waals surface area contributed by atoms with Crippen molar-refractivity contribution in [2.24, 2.45) is 9.98 Å². The molecule has 0 amide bonds. The van der Waals surface area contributed by atoms with Crippen LogP contribution < -0.4 is 5.32 Å². The molecule has 1 atom stereocenters. The Bertz CT molecular complexity index is 828. The molecule has 5 heteroatoms. The van der Waals surface area contributed by atoms with E-state index >= 15 is 0 Å². The predicted molar refractivity (Wildman–Crippen MR) is 141 cm³/mol. The molecule has 1 N–H and O–H groups in total. The molecule has 1 aliphatic rings. The fourth-order valence-electron chi connectivity index (χ4n) is 2.90. The first-order valence-electron chi connectivity index (χ1n) is 10.7. The number of hydrogen-bond donors (Lipinski definition) is 1. The Hall–Kier alpha value is -2.53. The number of thioether (sulfide) groups is 1. The van der Waals surface area contributed by atoms with Crippen LogP contribution in [0.2, 0.25) is 0 Å². The van der Waals surface area contributed by atoms with E-state index in [9.17, 15) is 0 Å². The van der Waals surface area contributed by atoms with E-state index in [-0.39, 0.29) is 5.54 Å². The third kappa shape index (κ3) is 8.62. The number of likely N-dealkylation sites (N-methyl/N-ethyl adjacent to an activating group) is 1. The molecule has 1 unspecified atom stereocenters. The molecule has 4 nitrogen and oxygen atoms in total. The quantitative estimate of drug-likeness (QED) is 0.141. The Morgan fingerprint density at radius 2 is 1.97 bits per heavy atom. The normalized spacial score (nSPS) is 16.8. The van der Waals surface area contributed by atoms with Gasteiger partial charge in [-0.1, -0.05) is 76.2 Å². The summed E-state index contributed by atoms with van der Waals surface area (Å²) in [5, 5.41) is 4.28. The molecule has 168 valence electrons. The molecule has 0 aromatic rings. The number of aliphatic imine (C=N–C) groups is 2. The highest BCUT2D eigenvalue weighted by Crippen LogP contribution is 2.40. The maximum atomic E-state index is 4.64. The van der Waals surface area contributed by atoms with Crippen LogP contribution in [0.5, 0.6) is 0 Å². The molecule has 0 spiro atoms. The molecular formula is C26H38N4S. The van der Waals surface area contributed by atoms with Crippen molar-refractivity contribution >= 4 is 24.3 Å². The van der Waals surface area contributed by atoms with E-state index in [1.807, 2.05) is 19.2 Å². The van der Waals surface area contributed by atoms with Crippen LogP contribution in [0.1, 0.15) is 46.5 Å². The summed E-state index contributed by atoms with van der Waals surface area (Å²) in [6.45, 7) is 27.2. The molecule has 0 saturated heterocycles. The third-order valence-corrected chi connectivity index (χ3v) is 6.42. The van der Waals surface area contributed by atoms with Gasteiger partial charge in [0.1, 0.15) is 6.34 Å². The first-order valence-corrected chi connectivity index (χ1v) is 11.5. The second-order valence-corrected chi connectivity index (χ2v) is 8.90. The molecule has 0 bridgehead atoms. The number of rotatable bonds is 14. The summed E-state index contributed by atoms with van der Waals surface area (Å²) in [5.41, 5.74) is 4.04. The van der Waals surface area contributed by atoms with Gasteiger partial charge in [0.25, 0.3) is 0 Å². The number of allylic oxidation sites excluding steroid dienone is 4. The monoisotopic (exact) mass is 438 g/mol. The Morgan fingerprint density at radius 1 is 1.26 bits per heavy atom. The van der Waals surface area contributed by atoms with Gasteiger partial charge >= 0.3 is 0 Å². The van der Waals surface area contributed by atoms with E-state index in [1.54, 1.807) is 24.3 Å². The van der Waals surface area contributed by atoms with Crippen molar-refractivity contribution in [1.82, 2.24) is 10.2 Å². The Kier molecular flexibility index (Phi) is 11.1. The van der Waals surface area contributed by atoms with Gasteiger partial charge in [0.05, 0.1) is 22.5 Å². The van der Waals surface area contributed by atoms with Crippen LogP contribution in [0, 0.1) is 0 Å². The summed E-state index contributed by atoms with van der Waals surface area (Å²) in [4.78, 5) is 12.1. The highest BCUT2D eigenvalue weighted by atomic mass is 32.2. The lowest BCUT2D eigenvalue weighted by molar-refractivity contribution is 0.449. The SMILES string of the molecule is C=CC1=C(/C=C(\C=C)CCNC(=C)C=NC=NC(C)(CC)CC(=C)CC)N(C)C(=C)S1. The van der Waals surface area contributed by atoms with Crippen molar-refractivity contribution in [3.8, 4) is 0 Å². The Morgan fingerprint density at radius 3 is 2.55 bits per heavy atom. The zero-order chi connectivity index (χ0) is 23.4. The summed E-state index contributed by atoms with van der Waals surface area (Å²) < 4.78 is 0. The van der Waals surface area contributed by atoms with Crippen molar-refractivity contribution in [2.45, 2.75) is 52.0 Å². The van der Waals surface area contributed by atoms with Crippen LogP contribution in [0.15, 0.2) is 93.6 Å². The zero-order valence-corrected chi connectivity index (χ0v) is 20.5. The van der Waals surface area contributed by atoms with E-state index in [4.69, 9.17) is 0 Å². The topological polar surface area (TPSA) is 40.0 Å². The molecule has 0 radical (unpaired) electrons. The molecule has 1 heterocycles. The highest BCUT2D eigenvalue weighted by Gasteiger charge is 2.21. The molecule has 0 fully saturated rings. The maximum absolute atomic E-state index is 4.64. The minimum Gasteiger partial charge on any atom is -0.384 e. The number of nitrogens with zero attached hydrogens (tertiary/aromatic N) is 3. The van der Waals surface area contributed by atoms with Crippen LogP contribution >= 0.6 is 11.8 Å². The lowest BCUT2D eigenvalue weighted by atomic mass is 9.90. The minimum absolute atomic E-state index is 0.154. The molecule has 31 heavy (non-hydrogen) atoms. The Labute approximate surface area is 193 Å². The first-order chi connectivity index (χ1) is 14.7.